The zero-order chi connectivity index (χ0) is 11.5. The fourth-order valence-electron chi connectivity index (χ4n) is 1.87. The van der Waals surface area contributed by atoms with Crippen molar-refractivity contribution in [2.45, 2.75) is 25.7 Å². The van der Waals surface area contributed by atoms with E-state index < -0.39 is 11.6 Å². The number of rotatable bonds is 3. The molecule has 1 aromatic carbocycles. The van der Waals surface area contributed by atoms with Gasteiger partial charge in [-0.15, -0.1) is 0 Å². The first kappa shape index (κ1) is 11.0. The van der Waals surface area contributed by atoms with Gasteiger partial charge in [0.25, 0.3) is 0 Å². The molecule has 0 unspecified atom stereocenters. The van der Waals surface area contributed by atoms with Crippen LogP contribution in [0.5, 0.6) is 0 Å². The predicted octanol–water partition coefficient (Wildman–Crippen LogP) is 3.19. The van der Waals surface area contributed by atoms with Gasteiger partial charge in [0.2, 0.25) is 0 Å². The maximum Gasteiger partial charge on any atom is 0.162 e. The van der Waals surface area contributed by atoms with Crippen molar-refractivity contribution in [1.29, 1.82) is 0 Å². The second kappa shape index (κ2) is 4.56. The van der Waals surface area contributed by atoms with Crippen molar-refractivity contribution < 1.29 is 13.6 Å². The summed E-state index contributed by atoms with van der Waals surface area (Å²) < 4.78 is 25.6. The summed E-state index contributed by atoms with van der Waals surface area (Å²) in [5.41, 5.74) is 1.35. The van der Waals surface area contributed by atoms with Crippen LogP contribution in [0.2, 0.25) is 0 Å². The molecular formula is C13H12F2O. The standard InChI is InChI=1S/C13H12F2O/c14-11-6-5-9(7-12(11)15)8-13(16)10-3-1-2-4-10/h3,5-7H,1-2,4,8H2. The van der Waals surface area contributed by atoms with Gasteiger partial charge in [-0.3, -0.25) is 4.79 Å². The summed E-state index contributed by atoms with van der Waals surface area (Å²) in [5.74, 6) is -1.76. The number of allylic oxidation sites excluding steroid dienone is 2. The van der Waals surface area contributed by atoms with E-state index in [2.05, 4.69) is 0 Å². The molecule has 2 rings (SSSR count). The van der Waals surface area contributed by atoms with Crippen LogP contribution >= 0.6 is 0 Å². The Balaban J connectivity index is 2.08. The van der Waals surface area contributed by atoms with Crippen molar-refractivity contribution >= 4 is 5.78 Å². The summed E-state index contributed by atoms with van der Waals surface area (Å²) in [6.07, 6.45) is 4.85. The van der Waals surface area contributed by atoms with Gasteiger partial charge in [-0.2, -0.15) is 0 Å². The van der Waals surface area contributed by atoms with E-state index in [1.165, 1.54) is 6.07 Å². The highest BCUT2D eigenvalue weighted by Gasteiger charge is 2.14. The summed E-state index contributed by atoms with van der Waals surface area (Å²) in [5, 5.41) is 0. The number of Topliss-reactive ketones (excluding diaryl/α,β-unsaturated/α-hetero) is 1. The molecule has 1 aliphatic rings. The molecule has 0 bridgehead atoms. The van der Waals surface area contributed by atoms with E-state index in [1.54, 1.807) is 0 Å². The van der Waals surface area contributed by atoms with E-state index in [0.29, 0.717) is 5.56 Å². The SMILES string of the molecule is O=C(Cc1ccc(F)c(F)c1)C1=CCCC1. The van der Waals surface area contributed by atoms with Gasteiger partial charge < -0.3 is 0 Å². The van der Waals surface area contributed by atoms with Gasteiger partial charge in [0, 0.05) is 6.42 Å². The lowest BCUT2D eigenvalue weighted by atomic mass is 10.0. The second-order valence-electron chi connectivity index (χ2n) is 3.97. The Morgan fingerprint density at radius 3 is 2.69 bits per heavy atom. The van der Waals surface area contributed by atoms with Crippen molar-refractivity contribution in [3.63, 3.8) is 0 Å². The average molecular weight is 222 g/mol. The minimum absolute atomic E-state index is 0.0171. The number of carbonyl (C=O) groups is 1. The lowest BCUT2D eigenvalue weighted by Crippen LogP contribution is -2.05. The van der Waals surface area contributed by atoms with Crippen LogP contribution < -0.4 is 0 Å². The number of hydrogen-bond acceptors (Lipinski definition) is 1. The van der Waals surface area contributed by atoms with Crippen molar-refractivity contribution in [3.05, 3.63) is 47.0 Å². The van der Waals surface area contributed by atoms with Crippen molar-refractivity contribution in [1.82, 2.24) is 0 Å². The first-order valence-corrected chi connectivity index (χ1v) is 5.33. The maximum atomic E-state index is 12.9. The molecule has 3 heteroatoms. The van der Waals surface area contributed by atoms with Crippen molar-refractivity contribution in [3.8, 4) is 0 Å². The third-order valence-electron chi connectivity index (χ3n) is 2.75. The van der Waals surface area contributed by atoms with Gasteiger partial charge in [0.05, 0.1) is 0 Å². The molecule has 0 fully saturated rings. The normalized spacial score (nSPS) is 15.0. The molecule has 84 valence electrons. The first-order valence-electron chi connectivity index (χ1n) is 5.33. The van der Waals surface area contributed by atoms with Gasteiger partial charge >= 0.3 is 0 Å². The van der Waals surface area contributed by atoms with Crippen molar-refractivity contribution in [2.24, 2.45) is 0 Å². The minimum atomic E-state index is -0.897. The van der Waals surface area contributed by atoms with Crippen LogP contribution in [0.1, 0.15) is 24.8 Å². The molecule has 0 heterocycles. The number of ketones is 1. The summed E-state index contributed by atoms with van der Waals surface area (Å²) in [6, 6.07) is 3.59. The lowest BCUT2D eigenvalue weighted by molar-refractivity contribution is -0.115. The summed E-state index contributed by atoms with van der Waals surface area (Å²) in [7, 11) is 0. The fourth-order valence-corrected chi connectivity index (χ4v) is 1.87. The quantitative estimate of drug-likeness (QED) is 0.767. The molecule has 0 amide bonds. The van der Waals surface area contributed by atoms with Crippen LogP contribution in [-0.4, -0.2) is 5.78 Å². The summed E-state index contributed by atoms with van der Waals surface area (Å²) in [4.78, 5) is 11.7. The fraction of sp³-hybridized carbons (Fsp3) is 0.308. The van der Waals surface area contributed by atoms with Crippen LogP contribution in [0.25, 0.3) is 0 Å². The Morgan fingerprint density at radius 2 is 2.06 bits per heavy atom. The molecular weight excluding hydrogens is 210 g/mol. The zero-order valence-electron chi connectivity index (χ0n) is 8.80. The molecule has 0 spiro atoms. The molecule has 16 heavy (non-hydrogen) atoms. The molecule has 1 aliphatic carbocycles. The third kappa shape index (κ3) is 2.35. The van der Waals surface area contributed by atoms with Gasteiger partial charge in [-0.1, -0.05) is 12.1 Å². The highest BCUT2D eigenvalue weighted by atomic mass is 19.2. The topological polar surface area (TPSA) is 17.1 Å². The van der Waals surface area contributed by atoms with Crippen LogP contribution in [-0.2, 0) is 11.2 Å². The molecule has 0 aliphatic heterocycles. The Labute approximate surface area is 92.8 Å². The second-order valence-corrected chi connectivity index (χ2v) is 3.97. The van der Waals surface area contributed by atoms with E-state index in [1.807, 2.05) is 6.08 Å². The average Bonchev–Trinajstić information content (AvgIpc) is 2.77. The van der Waals surface area contributed by atoms with Crippen LogP contribution in [0, 0.1) is 11.6 Å². The molecule has 0 N–H and O–H groups in total. The number of carbonyl (C=O) groups excluding carboxylic acids is 1. The van der Waals surface area contributed by atoms with Crippen LogP contribution in [0.15, 0.2) is 29.8 Å². The molecule has 1 nitrogen and oxygen atoms in total. The Morgan fingerprint density at radius 1 is 1.25 bits per heavy atom. The van der Waals surface area contributed by atoms with E-state index >= 15 is 0 Å². The number of hydrogen-bond donors (Lipinski definition) is 0. The Hall–Kier alpha value is -1.51. The van der Waals surface area contributed by atoms with Gasteiger partial charge in [0.15, 0.2) is 17.4 Å². The Bertz CT molecular complexity index is 449. The smallest absolute Gasteiger partial charge is 0.162 e. The van der Waals surface area contributed by atoms with Crippen molar-refractivity contribution in [2.75, 3.05) is 0 Å². The van der Waals surface area contributed by atoms with Gasteiger partial charge in [-0.05, 0) is 42.5 Å². The predicted molar refractivity (Wildman–Crippen MR) is 57.0 cm³/mol. The zero-order valence-corrected chi connectivity index (χ0v) is 8.80. The Kier molecular flexibility index (Phi) is 3.13. The lowest BCUT2D eigenvalue weighted by Gasteiger charge is -2.02. The summed E-state index contributed by atoms with van der Waals surface area (Å²) in [6.45, 7) is 0. The monoisotopic (exact) mass is 222 g/mol. The molecule has 0 saturated heterocycles. The number of halogens is 2. The largest absolute Gasteiger partial charge is 0.294 e. The highest BCUT2D eigenvalue weighted by molar-refractivity contribution is 5.97. The first-order chi connectivity index (χ1) is 7.66. The maximum absolute atomic E-state index is 12.9. The molecule has 0 saturated carbocycles. The molecule has 0 radical (unpaired) electrons. The van der Waals surface area contributed by atoms with E-state index in [-0.39, 0.29) is 12.2 Å². The van der Waals surface area contributed by atoms with Gasteiger partial charge in [-0.25, -0.2) is 8.78 Å². The summed E-state index contributed by atoms with van der Waals surface area (Å²) >= 11 is 0. The van der Waals surface area contributed by atoms with E-state index in [0.717, 1.165) is 37.0 Å². The van der Waals surface area contributed by atoms with E-state index in [4.69, 9.17) is 0 Å². The molecule has 1 aromatic rings. The minimum Gasteiger partial charge on any atom is -0.294 e. The molecule has 0 atom stereocenters. The van der Waals surface area contributed by atoms with E-state index in [9.17, 15) is 13.6 Å². The van der Waals surface area contributed by atoms with Gasteiger partial charge in [0.1, 0.15) is 0 Å². The number of benzene rings is 1. The highest BCUT2D eigenvalue weighted by Crippen LogP contribution is 2.20. The van der Waals surface area contributed by atoms with Crippen LogP contribution in [0.3, 0.4) is 0 Å². The van der Waals surface area contributed by atoms with Crippen LogP contribution in [0.4, 0.5) is 8.78 Å². The third-order valence-corrected chi connectivity index (χ3v) is 2.75. The molecule has 0 aromatic heterocycles.